The van der Waals surface area contributed by atoms with Crippen molar-refractivity contribution in [2.45, 2.75) is 12.1 Å². The monoisotopic (exact) mass is 304 g/mol. The molecule has 0 aliphatic carbocycles. The molecule has 1 aromatic heterocycles. The summed E-state index contributed by atoms with van der Waals surface area (Å²) in [6.07, 6.45) is 1.68. The van der Waals surface area contributed by atoms with Crippen molar-refractivity contribution >= 4 is 11.8 Å². The molecule has 2 aliphatic heterocycles. The van der Waals surface area contributed by atoms with Crippen LogP contribution in [0.2, 0.25) is 0 Å². The van der Waals surface area contributed by atoms with Crippen LogP contribution in [0.25, 0.3) is 5.69 Å². The average Bonchev–Trinajstić information content (AvgIpc) is 3.10. The number of anilines is 1. The van der Waals surface area contributed by atoms with E-state index in [9.17, 15) is 14.7 Å². The minimum absolute atomic E-state index is 0.216. The molecule has 0 spiro atoms. The number of carbonyl (C=O) groups excluding carboxylic acids is 1. The number of aromatic nitrogens is 1. The van der Waals surface area contributed by atoms with Crippen molar-refractivity contribution < 1.29 is 23.8 Å². The molecule has 1 fully saturated rings. The second kappa shape index (κ2) is 4.63. The van der Waals surface area contributed by atoms with Crippen LogP contribution in [0.4, 0.5) is 10.5 Å². The summed E-state index contributed by atoms with van der Waals surface area (Å²) in [5.74, 6) is -0.0352. The van der Waals surface area contributed by atoms with E-state index in [0.29, 0.717) is 17.1 Å². The van der Waals surface area contributed by atoms with Gasteiger partial charge in [-0.25, -0.2) is 14.2 Å². The van der Waals surface area contributed by atoms with E-state index >= 15 is 0 Å². The van der Waals surface area contributed by atoms with Crippen molar-refractivity contribution in [2.24, 2.45) is 0 Å². The number of aliphatic hydroxyl groups is 1. The van der Waals surface area contributed by atoms with Gasteiger partial charge < -0.3 is 19.0 Å². The van der Waals surface area contributed by atoms with E-state index in [1.807, 2.05) is 0 Å². The molecule has 1 saturated heterocycles. The maximum atomic E-state index is 12.0. The van der Waals surface area contributed by atoms with Crippen LogP contribution in [-0.4, -0.2) is 41.1 Å². The summed E-state index contributed by atoms with van der Waals surface area (Å²) in [5, 5.41) is 9.26. The number of nitrogens with zero attached hydrogens (tertiary/aromatic N) is 2. The molecule has 4 rings (SSSR count). The van der Waals surface area contributed by atoms with Gasteiger partial charge in [0.1, 0.15) is 24.7 Å². The minimum Gasteiger partial charge on any atom is -0.489 e. The topological polar surface area (TPSA) is 94.1 Å². The number of benzene rings is 1. The lowest BCUT2D eigenvalue weighted by Crippen LogP contribution is -2.45. The predicted molar refractivity (Wildman–Crippen MR) is 73.4 cm³/mol. The largest absolute Gasteiger partial charge is 0.489 e. The smallest absolute Gasteiger partial charge is 0.423 e. The fraction of sp³-hybridized carbons (Fsp3) is 0.286. The maximum absolute atomic E-state index is 12.0. The Morgan fingerprint density at radius 1 is 1.32 bits per heavy atom. The lowest BCUT2D eigenvalue weighted by atomic mass is 10.1. The van der Waals surface area contributed by atoms with Crippen LogP contribution < -0.4 is 15.4 Å². The lowest BCUT2D eigenvalue weighted by molar-refractivity contribution is 0.0734. The van der Waals surface area contributed by atoms with Gasteiger partial charge in [-0.3, -0.25) is 4.90 Å². The van der Waals surface area contributed by atoms with Crippen molar-refractivity contribution in [3.05, 3.63) is 41.2 Å². The van der Waals surface area contributed by atoms with Gasteiger partial charge in [0.15, 0.2) is 6.10 Å². The molecule has 114 valence electrons. The molecule has 3 heterocycles. The predicted octanol–water partition coefficient (Wildman–Crippen LogP) is 0.509. The van der Waals surface area contributed by atoms with Gasteiger partial charge >= 0.3 is 11.8 Å². The van der Waals surface area contributed by atoms with Gasteiger partial charge in [0.25, 0.3) is 0 Å². The number of rotatable bonds is 2. The Morgan fingerprint density at radius 3 is 2.91 bits per heavy atom. The summed E-state index contributed by atoms with van der Waals surface area (Å²) in [7, 11) is 0. The Kier molecular flexibility index (Phi) is 2.73. The summed E-state index contributed by atoms with van der Waals surface area (Å²) < 4.78 is 16.8. The lowest BCUT2D eigenvalue weighted by Gasteiger charge is -2.31. The Labute approximate surface area is 124 Å². The molecule has 2 atom stereocenters. The second-order valence-electron chi connectivity index (χ2n) is 5.04. The van der Waals surface area contributed by atoms with Crippen molar-refractivity contribution in [1.29, 1.82) is 0 Å². The Balaban J connectivity index is 1.76. The number of oxazole rings is 1. The normalized spacial score (nSPS) is 22.8. The molecule has 22 heavy (non-hydrogen) atoms. The number of hydrogen-bond acceptors (Lipinski definition) is 6. The molecule has 1 amide bonds. The first-order valence-corrected chi connectivity index (χ1v) is 6.73. The van der Waals surface area contributed by atoms with Crippen LogP contribution in [0, 0.1) is 0 Å². The summed E-state index contributed by atoms with van der Waals surface area (Å²) in [6, 6.07) is 4.66. The van der Waals surface area contributed by atoms with Gasteiger partial charge in [-0.1, -0.05) is 0 Å². The first-order valence-electron chi connectivity index (χ1n) is 6.73. The molecular weight excluding hydrogens is 292 g/mol. The molecule has 0 unspecified atom stereocenters. The third-order valence-electron chi connectivity index (χ3n) is 3.86. The number of hydrogen-bond donors (Lipinski definition) is 1. The van der Waals surface area contributed by atoms with Crippen LogP contribution in [0.5, 0.6) is 5.75 Å². The fourth-order valence-electron chi connectivity index (χ4n) is 2.79. The van der Waals surface area contributed by atoms with Crippen molar-refractivity contribution in [3.8, 4) is 11.4 Å². The van der Waals surface area contributed by atoms with Crippen LogP contribution >= 0.6 is 0 Å². The number of aliphatic hydroxyl groups excluding tert-OH is 1. The van der Waals surface area contributed by atoms with Gasteiger partial charge in [0.2, 0.25) is 0 Å². The number of amides is 1. The highest BCUT2D eigenvalue weighted by Crippen LogP contribution is 2.39. The fourth-order valence-corrected chi connectivity index (χ4v) is 2.79. The van der Waals surface area contributed by atoms with Crippen molar-refractivity contribution in [2.75, 3.05) is 18.1 Å². The third-order valence-corrected chi connectivity index (χ3v) is 3.86. The zero-order valence-electron chi connectivity index (χ0n) is 11.3. The van der Waals surface area contributed by atoms with Gasteiger partial charge in [-0.2, -0.15) is 0 Å². The van der Waals surface area contributed by atoms with Gasteiger partial charge in [0, 0.05) is 6.07 Å². The van der Waals surface area contributed by atoms with Crippen LogP contribution in [0.1, 0.15) is 0 Å². The van der Waals surface area contributed by atoms with Gasteiger partial charge in [-0.05, 0) is 12.1 Å². The summed E-state index contributed by atoms with van der Waals surface area (Å²) in [5.41, 5.74) is 1.12. The Bertz CT molecular complexity index is 795. The van der Waals surface area contributed by atoms with Crippen LogP contribution in [-0.2, 0) is 4.74 Å². The molecule has 0 saturated carbocycles. The first-order chi connectivity index (χ1) is 10.7. The quantitative estimate of drug-likeness (QED) is 0.868. The van der Waals surface area contributed by atoms with Gasteiger partial charge in [0.05, 0.1) is 24.2 Å². The Hall–Kier alpha value is -2.74. The molecule has 0 bridgehead atoms. The van der Waals surface area contributed by atoms with Crippen molar-refractivity contribution in [3.63, 3.8) is 0 Å². The standard InChI is InChI=1S/C14H12N2O6/c17-6-12-10-7-21-11-5-8(15-3-4-20-13(15)18)1-2-9(11)16(10)14(19)22-12/h1-5,10,12,17H,6-7H2/t10-,12-/m0/s1. The molecule has 8 heteroatoms. The summed E-state index contributed by atoms with van der Waals surface area (Å²) >= 11 is 0. The minimum atomic E-state index is -0.600. The number of cyclic esters (lactones) is 1. The zero-order chi connectivity index (χ0) is 15.3. The maximum Gasteiger partial charge on any atom is 0.423 e. The molecule has 8 nitrogen and oxygen atoms in total. The van der Waals surface area contributed by atoms with Crippen LogP contribution in [0.15, 0.2) is 39.9 Å². The highest BCUT2D eigenvalue weighted by molar-refractivity contribution is 5.93. The van der Waals surface area contributed by atoms with E-state index in [1.165, 1.54) is 21.9 Å². The van der Waals surface area contributed by atoms with E-state index in [2.05, 4.69) is 0 Å². The van der Waals surface area contributed by atoms with E-state index in [0.717, 1.165) is 0 Å². The zero-order valence-corrected chi connectivity index (χ0v) is 11.3. The average molecular weight is 304 g/mol. The SMILES string of the molecule is O=C1O[C@@H](CO)[C@@H]2COc3cc(-n4ccoc4=O)ccc3N12. The summed E-state index contributed by atoms with van der Waals surface area (Å²) in [6.45, 7) is -0.0399. The highest BCUT2D eigenvalue weighted by atomic mass is 16.6. The van der Waals surface area contributed by atoms with E-state index in [1.54, 1.807) is 18.2 Å². The molecule has 2 aliphatic rings. The Morgan fingerprint density at radius 2 is 2.18 bits per heavy atom. The molecular formula is C14H12N2O6. The molecule has 0 radical (unpaired) electrons. The van der Waals surface area contributed by atoms with E-state index in [-0.39, 0.29) is 19.3 Å². The number of ether oxygens (including phenoxy) is 2. The molecule has 1 N–H and O–H groups in total. The first kappa shape index (κ1) is 13.0. The van der Waals surface area contributed by atoms with E-state index < -0.39 is 18.0 Å². The van der Waals surface area contributed by atoms with Gasteiger partial charge in [-0.15, -0.1) is 0 Å². The second-order valence-corrected chi connectivity index (χ2v) is 5.04. The summed E-state index contributed by atoms with van der Waals surface area (Å²) in [4.78, 5) is 25.0. The molecule has 2 aromatic rings. The number of fused-ring (bicyclic) bond motifs is 3. The van der Waals surface area contributed by atoms with Crippen LogP contribution in [0.3, 0.4) is 0 Å². The van der Waals surface area contributed by atoms with Crippen molar-refractivity contribution in [1.82, 2.24) is 4.57 Å². The van der Waals surface area contributed by atoms with E-state index in [4.69, 9.17) is 13.9 Å². The highest BCUT2D eigenvalue weighted by Gasteiger charge is 2.46. The molecule has 1 aromatic carbocycles. The number of carbonyl (C=O) groups is 1. The third kappa shape index (κ3) is 1.74.